The van der Waals surface area contributed by atoms with Crippen LogP contribution in [0, 0.1) is 0 Å². The van der Waals surface area contributed by atoms with Crippen molar-refractivity contribution in [2.75, 3.05) is 11.9 Å². The number of carbonyl (C=O) groups is 1. The predicted octanol–water partition coefficient (Wildman–Crippen LogP) is 3.24. The van der Waals surface area contributed by atoms with E-state index < -0.39 is 11.6 Å². The molecule has 3 aromatic heterocycles. The maximum absolute atomic E-state index is 13.4. The fourth-order valence-corrected chi connectivity index (χ4v) is 5.26. The average molecular weight is 471 g/mol. The molecule has 32 heavy (non-hydrogen) atoms. The van der Waals surface area contributed by atoms with Crippen LogP contribution in [0.5, 0.6) is 0 Å². The number of nitrogens with zero attached hydrogens (tertiary/aromatic N) is 3. The van der Waals surface area contributed by atoms with Crippen molar-refractivity contribution in [1.29, 1.82) is 0 Å². The van der Waals surface area contributed by atoms with Crippen molar-refractivity contribution in [1.82, 2.24) is 14.1 Å². The summed E-state index contributed by atoms with van der Waals surface area (Å²) in [7, 11) is 0. The predicted molar refractivity (Wildman–Crippen MR) is 125 cm³/mol. The third-order valence-corrected chi connectivity index (χ3v) is 6.89. The quantitative estimate of drug-likeness (QED) is 0.483. The van der Waals surface area contributed by atoms with Gasteiger partial charge in [0.1, 0.15) is 16.1 Å². The molecule has 4 heterocycles. The summed E-state index contributed by atoms with van der Waals surface area (Å²) in [5.74, 6) is -0.424. The number of hydrogen-bond donors (Lipinski definition) is 1. The van der Waals surface area contributed by atoms with Gasteiger partial charge in [0.2, 0.25) is 5.91 Å². The molecule has 0 bridgehead atoms. The highest BCUT2D eigenvalue weighted by Crippen LogP contribution is 2.29. The topological polar surface area (TPSA) is 95.2 Å². The van der Waals surface area contributed by atoms with Crippen molar-refractivity contribution >= 4 is 55.0 Å². The van der Waals surface area contributed by atoms with Gasteiger partial charge in [-0.15, -0.1) is 11.3 Å². The number of benzene rings is 1. The largest absolute Gasteiger partial charge is 0.376 e. The number of rotatable bonds is 5. The first kappa shape index (κ1) is 20.9. The molecule has 1 atom stereocenters. The molecular weight excluding hydrogens is 452 g/mol. The van der Waals surface area contributed by atoms with Crippen LogP contribution in [0.25, 0.3) is 20.4 Å². The SMILES string of the molecule is O=C(Cn1c(=O)n(CC2CCCO2)c(=O)c2sc3ncccc3c21)Nc1ccccc1Cl. The Morgan fingerprint density at radius 2 is 2.06 bits per heavy atom. The number of ether oxygens (including phenoxy) is 1. The fraction of sp³-hybridized carbons (Fsp3) is 0.273. The maximum Gasteiger partial charge on any atom is 0.332 e. The van der Waals surface area contributed by atoms with E-state index in [0.717, 1.165) is 12.8 Å². The Morgan fingerprint density at radius 1 is 1.22 bits per heavy atom. The summed E-state index contributed by atoms with van der Waals surface area (Å²) in [5.41, 5.74) is -0.0545. The first-order valence-corrected chi connectivity index (χ1v) is 11.4. The van der Waals surface area contributed by atoms with Crippen LogP contribution in [-0.2, 0) is 22.6 Å². The van der Waals surface area contributed by atoms with Gasteiger partial charge in [-0.3, -0.25) is 18.7 Å². The van der Waals surface area contributed by atoms with Gasteiger partial charge in [-0.2, -0.15) is 0 Å². The lowest BCUT2D eigenvalue weighted by molar-refractivity contribution is -0.116. The number of pyridine rings is 1. The maximum atomic E-state index is 13.4. The van der Waals surface area contributed by atoms with Gasteiger partial charge in [0.15, 0.2) is 0 Å². The lowest BCUT2D eigenvalue weighted by atomic mass is 10.2. The molecule has 0 spiro atoms. The number of anilines is 1. The minimum Gasteiger partial charge on any atom is -0.376 e. The Labute approximate surface area is 191 Å². The molecule has 8 nitrogen and oxygen atoms in total. The zero-order chi connectivity index (χ0) is 22.2. The number of aromatic nitrogens is 3. The summed E-state index contributed by atoms with van der Waals surface area (Å²) in [5, 5.41) is 3.80. The molecule has 1 amide bonds. The average Bonchev–Trinajstić information content (AvgIpc) is 3.44. The van der Waals surface area contributed by atoms with Crippen LogP contribution in [0.1, 0.15) is 12.8 Å². The van der Waals surface area contributed by atoms with Gasteiger partial charge in [0.05, 0.1) is 28.9 Å². The van der Waals surface area contributed by atoms with Crippen molar-refractivity contribution in [3.63, 3.8) is 0 Å². The van der Waals surface area contributed by atoms with Gasteiger partial charge in [0.25, 0.3) is 5.56 Å². The Bertz CT molecular complexity index is 1450. The van der Waals surface area contributed by atoms with E-state index >= 15 is 0 Å². The number of halogens is 1. The molecule has 164 valence electrons. The van der Waals surface area contributed by atoms with Crippen LogP contribution in [0.15, 0.2) is 52.2 Å². The van der Waals surface area contributed by atoms with Crippen molar-refractivity contribution < 1.29 is 9.53 Å². The minimum atomic E-state index is -0.545. The number of carbonyl (C=O) groups excluding carboxylic acids is 1. The summed E-state index contributed by atoms with van der Waals surface area (Å²) < 4.78 is 8.55. The number of amides is 1. The first-order chi connectivity index (χ1) is 15.5. The van der Waals surface area contributed by atoms with E-state index in [2.05, 4.69) is 10.3 Å². The van der Waals surface area contributed by atoms with Crippen molar-refractivity contribution in [2.24, 2.45) is 0 Å². The number of nitrogens with one attached hydrogen (secondary N) is 1. The van der Waals surface area contributed by atoms with Crippen molar-refractivity contribution in [3.8, 4) is 0 Å². The molecule has 0 saturated carbocycles. The van der Waals surface area contributed by atoms with Gasteiger partial charge in [-0.1, -0.05) is 23.7 Å². The van der Waals surface area contributed by atoms with Crippen molar-refractivity contribution in [2.45, 2.75) is 32.0 Å². The van der Waals surface area contributed by atoms with Crippen LogP contribution >= 0.6 is 22.9 Å². The summed E-state index contributed by atoms with van der Waals surface area (Å²) in [6, 6.07) is 10.4. The zero-order valence-electron chi connectivity index (χ0n) is 16.9. The van der Waals surface area contributed by atoms with Crippen molar-refractivity contribution in [3.05, 3.63) is 68.5 Å². The molecule has 1 unspecified atom stereocenters. The monoisotopic (exact) mass is 470 g/mol. The van der Waals surface area contributed by atoms with E-state index in [1.165, 1.54) is 20.5 Å². The van der Waals surface area contributed by atoms with E-state index in [4.69, 9.17) is 16.3 Å². The highest BCUT2D eigenvalue weighted by atomic mass is 35.5. The second-order valence-corrected chi connectivity index (χ2v) is 8.99. The fourth-order valence-electron chi connectivity index (χ4n) is 3.98. The van der Waals surface area contributed by atoms with Crippen LogP contribution in [0.4, 0.5) is 5.69 Å². The molecule has 1 aliphatic heterocycles. The zero-order valence-corrected chi connectivity index (χ0v) is 18.5. The molecule has 0 radical (unpaired) electrons. The summed E-state index contributed by atoms with van der Waals surface area (Å²) in [4.78, 5) is 44.5. The molecule has 0 aliphatic carbocycles. The first-order valence-electron chi connectivity index (χ1n) is 10.2. The number of hydrogen-bond acceptors (Lipinski definition) is 6. The summed E-state index contributed by atoms with van der Waals surface area (Å²) >= 11 is 7.37. The summed E-state index contributed by atoms with van der Waals surface area (Å²) in [6.45, 7) is 0.497. The van der Waals surface area contributed by atoms with Gasteiger partial charge >= 0.3 is 5.69 Å². The smallest absolute Gasteiger partial charge is 0.332 e. The van der Waals surface area contributed by atoms with Gasteiger partial charge in [-0.05, 0) is 37.1 Å². The molecule has 1 saturated heterocycles. The van der Waals surface area contributed by atoms with Crippen LogP contribution in [0.2, 0.25) is 5.02 Å². The Balaban J connectivity index is 1.63. The molecule has 4 aromatic rings. The highest BCUT2D eigenvalue weighted by molar-refractivity contribution is 7.25. The molecule has 1 aliphatic rings. The third-order valence-electron chi connectivity index (χ3n) is 5.47. The number of para-hydroxylation sites is 1. The summed E-state index contributed by atoms with van der Waals surface area (Å²) in [6.07, 6.45) is 3.11. The standard InChI is InChI=1S/C22H19ClN4O4S/c23-15-7-1-2-8-16(15)25-17(28)12-26-18-14-6-3-9-24-20(14)32-19(18)21(29)27(22(26)30)11-13-5-4-10-31-13/h1-3,6-9,13H,4-5,10-12H2,(H,25,28). The second-order valence-electron chi connectivity index (χ2n) is 7.58. The van der Waals surface area contributed by atoms with Crippen LogP contribution in [-0.4, -0.2) is 32.7 Å². The molecule has 1 aromatic carbocycles. The van der Waals surface area contributed by atoms with Gasteiger partial charge in [-0.25, -0.2) is 9.78 Å². The molecule has 1 N–H and O–H groups in total. The Morgan fingerprint density at radius 3 is 2.84 bits per heavy atom. The second kappa shape index (κ2) is 8.50. The van der Waals surface area contributed by atoms with Gasteiger partial charge < -0.3 is 10.1 Å². The van der Waals surface area contributed by atoms with E-state index in [1.54, 1.807) is 42.6 Å². The van der Waals surface area contributed by atoms with Gasteiger partial charge in [0, 0.05) is 18.2 Å². The normalized spacial score (nSPS) is 16.1. The molecule has 1 fully saturated rings. The molecule has 5 rings (SSSR count). The lowest BCUT2D eigenvalue weighted by Crippen LogP contribution is -2.43. The number of fused-ring (bicyclic) bond motifs is 3. The van der Waals surface area contributed by atoms with E-state index in [9.17, 15) is 14.4 Å². The molecular formula is C22H19ClN4O4S. The Kier molecular flexibility index (Phi) is 5.54. The highest BCUT2D eigenvalue weighted by Gasteiger charge is 2.24. The lowest BCUT2D eigenvalue weighted by Gasteiger charge is -2.15. The van der Waals surface area contributed by atoms with E-state index in [1.807, 2.05) is 0 Å². The van der Waals surface area contributed by atoms with E-state index in [-0.39, 0.29) is 24.8 Å². The Hall–Kier alpha value is -3.01. The molecule has 10 heteroatoms. The van der Waals surface area contributed by atoms with Crippen LogP contribution in [0.3, 0.4) is 0 Å². The third kappa shape index (κ3) is 3.72. The minimum absolute atomic E-state index is 0.154. The number of thiophene rings is 1. The van der Waals surface area contributed by atoms with Crippen LogP contribution < -0.4 is 16.6 Å². The van der Waals surface area contributed by atoms with E-state index in [0.29, 0.717) is 37.8 Å².